The molecule has 0 radical (unpaired) electrons. The molecular formula is C22H26FN5O. The first-order valence-corrected chi connectivity index (χ1v) is 10.3. The number of aromatic nitrogens is 2. The maximum Gasteiger partial charge on any atom is 0.155 e. The van der Waals surface area contributed by atoms with Crippen LogP contribution in [-0.2, 0) is 6.42 Å². The molecule has 2 aliphatic heterocycles. The average Bonchev–Trinajstić information content (AvgIpc) is 2.74. The van der Waals surface area contributed by atoms with Crippen LogP contribution in [0.1, 0.15) is 36.0 Å². The molecule has 3 heterocycles. The van der Waals surface area contributed by atoms with E-state index < -0.39 is 0 Å². The van der Waals surface area contributed by atoms with Crippen LogP contribution >= 0.6 is 0 Å². The van der Waals surface area contributed by atoms with Crippen molar-refractivity contribution in [1.29, 1.82) is 5.26 Å². The van der Waals surface area contributed by atoms with Gasteiger partial charge in [0.15, 0.2) is 5.82 Å². The summed E-state index contributed by atoms with van der Waals surface area (Å²) in [6, 6.07) is 7.24. The number of benzene rings is 1. The Morgan fingerprint density at radius 3 is 2.90 bits per heavy atom. The zero-order valence-electron chi connectivity index (χ0n) is 16.7. The molecule has 1 saturated heterocycles. The van der Waals surface area contributed by atoms with Gasteiger partial charge in [-0.1, -0.05) is 0 Å². The molecule has 152 valence electrons. The monoisotopic (exact) mass is 395 g/mol. The van der Waals surface area contributed by atoms with E-state index in [1.54, 1.807) is 12.1 Å². The lowest BCUT2D eigenvalue weighted by Gasteiger charge is -2.42. The molecule has 0 bridgehead atoms. The Kier molecular flexibility index (Phi) is 5.63. The Balaban J connectivity index is 1.66. The minimum atomic E-state index is -0.306. The van der Waals surface area contributed by atoms with Crippen molar-refractivity contribution >= 4 is 5.82 Å². The normalized spacial score (nSPS) is 19.6. The lowest BCUT2D eigenvalue weighted by atomic mass is 9.94. The molecule has 4 rings (SSSR count). The number of hydrogen-bond donors (Lipinski definition) is 1. The quantitative estimate of drug-likeness (QED) is 0.857. The van der Waals surface area contributed by atoms with Crippen molar-refractivity contribution in [2.75, 3.05) is 37.8 Å². The molecule has 0 amide bonds. The first kappa shape index (κ1) is 19.6. The van der Waals surface area contributed by atoms with E-state index in [4.69, 9.17) is 5.26 Å². The summed E-state index contributed by atoms with van der Waals surface area (Å²) < 4.78 is 12.8. The van der Waals surface area contributed by atoms with Crippen LogP contribution in [0.5, 0.6) is 5.75 Å². The van der Waals surface area contributed by atoms with Gasteiger partial charge in [0.1, 0.15) is 12.4 Å². The van der Waals surface area contributed by atoms with Gasteiger partial charge in [-0.05, 0) is 62.9 Å². The zero-order chi connectivity index (χ0) is 20.4. The molecule has 2 aromatic rings. The van der Waals surface area contributed by atoms with Gasteiger partial charge < -0.3 is 10.0 Å². The Bertz CT molecular complexity index is 940. The number of nitriles is 1. The largest absolute Gasteiger partial charge is 0.507 e. The summed E-state index contributed by atoms with van der Waals surface area (Å²) in [4.78, 5) is 4.55. The summed E-state index contributed by atoms with van der Waals surface area (Å²) in [5.41, 5.74) is 3.87. The number of nitrogens with zero attached hydrogens (tertiary/aromatic N) is 5. The maximum atomic E-state index is 12.8. The number of likely N-dealkylation sites (tertiary alicyclic amines) is 1. The van der Waals surface area contributed by atoms with Gasteiger partial charge in [-0.15, -0.1) is 10.2 Å². The van der Waals surface area contributed by atoms with E-state index in [0.717, 1.165) is 56.7 Å². The summed E-state index contributed by atoms with van der Waals surface area (Å²) in [7, 11) is 0. The molecule has 1 aromatic heterocycles. The number of phenolic OH excluding ortho intramolecular Hbond substituents is 1. The third kappa shape index (κ3) is 3.77. The highest BCUT2D eigenvalue weighted by molar-refractivity contribution is 5.73. The van der Waals surface area contributed by atoms with Gasteiger partial charge >= 0.3 is 0 Å². The highest BCUT2D eigenvalue weighted by atomic mass is 19.1. The summed E-state index contributed by atoms with van der Waals surface area (Å²) in [5.74, 6) is 0.973. The molecule has 29 heavy (non-hydrogen) atoms. The third-order valence-corrected chi connectivity index (χ3v) is 6.12. The maximum absolute atomic E-state index is 12.8. The molecule has 0 spiro atoms. The molecule has 1 atom stereocenters. The first-order chi connectivity index (χ1) is 14.1. The fraction of sp³-hybridized carbons (Fsp3) is 0.500. The Hall–Kier alpha value is -2.72. The second-order valence-electron chi connectivity index (χ2n) is 7.90. The third-order valence-electron chi connectivity index (χ3n) is 6.12. The average molecular weight is 395 g/mol. The minimum absolute atomic E-state index is 0.0446. The molecule has 7 heteroatoms. The van der Waals surface area contributed by atoms with Crippen LogP contribution in [-0.4, -0.2) is 59.1 Å². The van der Waals surface area contributed by atoms with Gasteiger partial charge in [0.05, 0.1) is 17.3 Å². The molecule has 2 aliphatic rings. The second-order valence-corrected chi connectivity index (χ2v) is 7.90. The summed E-state index contributed by atoms with van der Waals surface area (Å²) in [6.45, 7) is 4.99. The van der Waals surface area contributed by atoms with E-state index in [1.807, 2.05) is 13.0 Å². The van der Waals surface area contributed by atoms with Crippen molar-refractivity contribution in [3.05, 3.63) is 34.9 Å². The van der Waals surface area contributed by atoms with E-state index in [2.05, 4.69) is 20.0 Å². The number of aromatic hydroxyl groups is 1. The number of fused-ring (bicyclic) bond motifs is 1. The van der Waals surface area contributed by atoms with Crippen LogP contribution in [0.3, 0.4) is 0 Å². The van der Waals surface area contributed by atoms with Crippen LogP contribution in [0.4, 0.5) is 10.2 Å². The van der Waals surface area contributed by atoms with E-state index in [9.17, 15) is 9.50 Å². The number of anilines is 1. The Morgan fingerprint density at radius 2 is 2.14 bits per heavy atom. The van der Waals surface area contributed by atoms with Gasteiger partial charge in [0, 0.05) is 36.8 Å². The summed E-state index contributed by atoms with van der Waals surface area (Å²) >= 11 is 0. The van der Waals surface area contributed by atoms with Crippen LogP contribution < -0.4 is 4.90 Å². The molecule has 0 unspecified atom stereocenters. The summed E-state index contributed by atoms with van der Waals surface area (Å²) in [6.07, 6.45) is 4.12. The number of halogens is 1. The van der Waals surface area contributed by atoms with Gasteiger partial charge in [-0.25, -0.2) is 4.39 Å². The Morgan fingerprint density at radius 1 is 1.28 bits per heavy atom. The van der Waals surface area contributed by atoms with Crippen molar-refractivity contribution < 1.29 is 9.50 Å². The van der Waals surface area contributed by atoms with Gasteiger partial charge in [-0.3, -0.25) is 4.90 Å². The molecule has 0 saturated carbocycles. The van der Waals surface area contributed by atoms with Gasteiger partial charge in [0.2, 0.25) is 0 Å². The van der Waals surface area contributed by atoms with Gasteiger partial charge in [-0.2, -0.15) is 5.26 Å². The molecule has 0 aliphatic carbocycles. The van der Waals surface area contributed by atoms with E-state index >= 15 is 0 Å². The van der Waals surface area contributed by atoms with E-state index in [1.165, 1.54) is 11.6 Å². The minimum Gasteiger partial charge on any atom is -0.507 e. The topological polar surface area (TPSA) is 76.3 Å². The van der Waals surface area contributed by atoms with E-state index in [-0.39, 0.29) is 12.4 Å². The number of piperidine rings is 1. The van der Waals surface area contributed by atoms with Crippen molar-refractivity contribution in [2.24, 2.45) is 0 Å². The van der Waals surface area contributed by atoms with Crippen LogP contribution in [0.2, 0.25) is 0 Å². The van der Waals surface area contributed by atoms with Crippen molar-refractivity contribution in [2.45, 2.75) is 38.6 Å². The van der Waals surface area contributed by atoms with Crippen LogP contribution in [0.15, 0.2) is 18.2 Å². The standard InChI is InChI=1S/C22H26FN5O/c1-15-18-5-3-10-28(17-4-2-9-27(14-17)11-8-23)22(18)26-25-21(15)19-7-6-16(13-24)12-20(19)29/h6-7,12,17,29H,2-5,8-11,14H2,1H3/t17-/m0/s1. The van der Waals surface area contributed by atoms with Crippen molar-refractivity contribution in [3.63, 3.8) is 0 Å². The second kappa shape index (κ2) is 8.34. The number of hydrogen-bond acceptors (Lipinski definition) is 6. The Labute approximate surface area is 170 Å². The lowest BCUT2D eigenvalue weighted by molar-refractivity contribution is 0.188. The predicted octanol–water partition coefficient (Wildman–Crippen LogP) is 3.22. The highest BCUT2D eigenvalue weighted by Gasteiger charge is 2.31. The zero-order valence-corrected chi connectivity index (χ0v) is 16.7. The fourth-order valence-electron chi connectivity index (χ4n) is 4.63. The lowest BCUT2D eigenvalue weighted by Crippen LogP contribution is -2.50. The van der Waals surface area contributed by atoms with Crippen molar-refractivity contribution in [3.8, 4) is 23.1 Å². The number of alkyl halides is 1. The van der Waals surface area contributed by atoms with Crippen LogP contribution in [0.25, 0.3) is 11.3 Å². The SMILES string of the molecule is Cc1c(-c2ccc(C#N)cc2O)nnc2c1CCCN2[C@H]1CCCN(CCF)C1. The van der Waals surface area contributed by atoms with Gasteiger partial charge in [0.25, 0.3) is 0 Å². The smallest absolute Gasteiger partial charge is 0.155 e. The van der Waals surface area contributed by atoms with Crippen LogP contribution in [0, 0.1) is 18.3 Å². The number of phenols is 1. The van der Waals surface area contributed by atoms with Crippen molar-refractivity contribution in [1.82, 2.24) is 15.1 Å². The number of rotatable bonds is 4. The molecule has 1 aromatic carbocycles. The molecule has 1 fully saturated rings. The predicted molar refractivity (Wildman–Crippen MR) is 110 cm³/mol. The summed E-state index contributed by atoms with van der Waals surface area (Å²) in [5, 5.41) is 28.4. The highest BCUT2D eigenvalue weighted by Crippen LogP contribution is 2.37. The molecule has 6 nitrogen and oxygen atoms in total. The molecular weight excluding hydrogens is 369 g/mol. The first-order valence-electron chi connectivity index (χ1n) is 10.3. The van der Waals surface area contributed by atoms with E-state index in [0.29, 0.717) is 29.4 Å². The molecule has 1 N–H and O–H groups in total. The fourth-order valence-corrected chi connectivity index (χ4v) is 4.63.